The molecule has 1 saturated heterocycles. The minimum atomic E-state index is -0.00396. The first kappa shape index (κ1) is 20.7. The highest BCUT2D eigenvalue weighted by molar-refractivity contribution is 6.32. The van der Waals surface area contributed by atoms with Crippen LogP contribution in [-0.4, -0.2) is 60.2 Å². The van der Waals surface area contributed by atoms with Crippen molar-refractivity contribution in [1.82, 2.24) is 14.8 Å². The molecule has 0 unspecified atom stereocenters. The molecule has 2 aliphatic heterocycles. The number of carbonyl (C=O) groups is 1. The minimum absolute atomic E-state index is 0.00396. The first-order valence-corrected chi connectivity index (χ1v) is 10.6. The summed E-state index contributed by atoms with van der Waals surface area (Å²) >= 11 is 6.21. The van der Waals surface area contributed by atoms with Gasteiger partial charge in [0.25, 0.3) is 0 Å². The van der Waals surface area contributed by atoms with E-state index in [1.54, 1.807) is 18.2 Å². The number of likely N-dealkylation sites (N-methyl/N-ethyl adjacent to an activating group) is 1. The lowest BCUT2D eigenvalue weighted by molar-refractivity contribution is -0.127. The van der Waals surface area contributed by atoms with Crippen LogP contribution in [0.3, 0.4) is 0 Å². The third kappa shape index (κ3) is 4.94. The molecular formula is C23H26ClN3O3. The molecule has 0 N–H and O–H groups in total. The second-order valence-electron chi connectivity index (χ2n) is 7.66. The zero-order chi connectivity index (χ0) is 20.9. The quantitative estimate of drug-likeness (QED) is 0.659. The molecule has 2 aromatic rings. The van der Waals surface area contributed by atoms with Crippen LogP contribution in [0, 0.1) is 0 Å². The Morgan fingerprint density at radius 1 is 1.30 bits per heavy atom. The predicted octanol–water partition coefficient (Wildman–Crippen LogP) is 3.64. The van der Waals surface area contributed by atoms with E-state index in [-0.39, 0.29) is 18.7 Å². The molecular weight excluding hydrogens is 402 g/mol. The molecule has 0 atom stereocenters. The number of ether oxygens (including phenoxy) is 2. The Morgan fingerprint density at radius 2 is 2.13 bits per heavy atom. The molecule has 1 aromatic carbocycles. The molecule has 0 bridgehead atoms. The van der Waals surface area contributed by atoms with E-state index in [1.807, 2.05) is 36.3 Å². The van der Waals surface area contributed by atoms with Gasteiger partial charge in [0.05, 0.1) is 5.02 Å². The second-order valence-corrected chi connectivity index (χ2v) is 8.07. The van der Waals surface area contributed by atoms with Gasteiger partial charge in [-0.2, -0.15) is 0 Å². The summed E-state index contributed by atoms with van der Waals surface area (Å²) in [6.45, 7) is 3.17. The van der Waals surface area contributed by atoms with Crippen LogP contribution in [0.25, 0.3) is 6.08 Å². The Bertz CT molecular complexity index is 911. The van der Waals surface area contributed by atoms with E-state index >= 15 is 0 Å². The normalized spacial score (nSPS) is 16.9. The molecule has 6 nitrogen and oxygen atoms in total. The van der Waals surface area contributed by atoms with E-state index in [2.05, 4.69) is 16.0 Å². The van der Waals surface area contributed by atoms with Crippen LogP contribution in [-0.2, 0) is 11.2 Å². The van der Waals surface area contributed by atoms with E-state index < -0.39 is 0 Å². The molecule has 1 amide bonds. The van der Waals surface area contributed by atoms with Crippen molar-refractivity contribution in [2.24, 2.45) is 0 Å². The van der Waals surface area contributed by atoms with Crippen molar-refractivity contribution in [1.29, 1.82) is 0 Å². The second kappa shape index (κ2) is 9.49. The van der Waals surface area contributed by atoms with Crippen LogP contribution in [0.4, 0.5) is 0 Å². The summed E-state index contributed by atoms with van der Waals surface area (Å²) in [5, 5.41) is 0.489. The first-order chi connectivity index (χ1) is 14.6. The van der Waals surface area contributed by atoms with Crippen LogP contribution in [0.2, 0.25) is 5.02 Å². The van der Waals surface area contributed by atoms with Gasteiger partial charge in [0, 0.05) is 57.1 Å². The van der Waals surface area contributed by atoms with Gasteiger partial charge in [0.15, 0.2) is 11.5 Å². The van der Waals surface area contributed by atoms with Gasteiger partial charge in [-0.1, -0.05) is 17.7 Å². The standard InChI is InChI=1S/C23H26ClN3O3/c1-26(19-8-12-27(13-9-19)11-7-18-4-2-3-10-25-18)22(28)6-5-17-14-20(24)23-21(15-17)29-16-30-23/h2-6,10,14-15,19H,7-9,11-13,16H2,1H3/b6-5+. The number of pyridine rings is 1. The molecule has 0 spiro atoms. The summed E-state index contributed by atoms with van der Waals surface area (Å²) in [7, 11) is 1.88. The number of hydrogen-bond donors (Lipinski definition) is 0. The highest BCUT2D eigenvalue weighted by Gasteiger charge is 2.24. The molecule has 30 heavy (non-hydrogen) atoms. The summed E-state index contributed by atoms with van der Waals surface area (Å²) in [6.07, 6.45) is 8.13. The molecule has 3 heterocycles. The minimum Gasteiger partial charge on any atom is -0.454 e. The van der Waals surface area contributed by atoms with Gasteiger partial charge in [0.2, 0.25) is 12.7 Å². The number of hydrogen-bond acceptors (Lipinski definition) is 5. The fraction of sp³-hybridized carbons (Fsp3) is 0.391. The summed E-state index contributed by atoms with van der Waals surface area (Å²) in [4.78, 5) is 21.3. The first-order valence-electron chi connectivity index (χ1n) is 10.3. The number of piperidine rings is 1. The molecule has 158 valence electrons. The number of halogens is 1. The number of benzene rings is 1. The van der Waals surface area contributed by atoms with E-state index in [0.29, 0.717) is 16.5 Å². The van der Waals surface area contributed by atoms with Gasteiger partial charge < -0.3 is 19.3 Å². The Morgan fingerprint density at radius 3 is 2.90 bits per heavy atom. The van der Waals surface area contributed by atoms with Gasteiger partial charge in [0.1, 0.15) is 0 Å². The van der Waals surface area contributed by atoms with Gasteiger partial charge in [-0.05, 0) is 48.7 Å². The maximum absolute atomic E-state index is 12.7. The number of nitrogens with zero attached hydrogens (tertiary/aromatic N) is 3. The third-order valence-corrected chi connectivity index (χ3v) is 6.01. The Balaban J connectivity index is 1.26. The Kier molecular flexibility index (Phi) is 6.55. The van der Waals surface area contributed by atoms with Gasteiger partial charge >= 0.3 is 0 Å². The SMILES string of the molecule is CN(C(=O)/C=C/c1cc(Cl)c2c(c1)OCO2)C1CCN(CCc2ccccn2)CC1. The van der Waals surface area contributed by atoms with E-state index in [0.717, 1.165) is 50.2 Å². The highest BCUT2D eigenvalue weighted by atomic mass is 35.5. The average Bonchev–Trinajstić information content (AvgIpc) is 3.26. The molecule has 2 aliphatic rings. The van der Waals surface area contributed by atoms with Crippen LogP contribution >= 0.6 is 11.6 Å². The van der Waals surface area contributed by atoms with E-state index in [4.69, 9.17) is 21.1 Å². The Labute approximate surface area is 182 Å². The average molecular weight is 428 g/mol. The number of amides is 1. The van der Waals surface area contributed by atoms with Gasteiger partial charge in [-0.3, -0.25) is 9.78 Å². The summed E-state index contributed by atoms with van der Waals surface area (Å²) in [6, 6.07) is 9.90. The van der Waals surface area contributed by atoms with Crippen molar-refractivity contribution in [2.75, 3.05) is 33.5 Å². The summed E-state index contributed by atoms with van der Waals surface area (Å²) < 4.78 is 10.7. The topological polar surface area (TPSA) is 54.9 Å². The largest absolute Gasteiger partial charge is 0.454 e. The van der Waals surface area contributed by atoms with Crippen molar-refractivity contribution in [3.8, 4) is 11.5 Å². The lowest BCUT2D eigenvalue weighted by atomic mass is 10.0. The molecule has 0 saturated carbocycles. The predicted molar refractivity (Wildman–Crippen MR) is 117 cm³/mol. The number of carbonyl (C=O) groups excluding carboxylic acids is 1. The fourth-order valence-electron chi connectivity index (χ4n) is 3.90. The van der Waals surface area contributed by atoms with Crippen molar-refractivity contribution in [2.45, 2.75) is 25.3 Å². The Hall–Kier alpha value is -2.57. The van der Waals surface area contributed by atoms with Crippen LogP contribution in [0.1, 0.15) is 24.1 Å². The molecule has 1 fully saturated rings. The zero-order valence-corrected chi connectivity index (χ0v) is 17.8. The lowest BCUT2D eigenvalue weighted by Crippen LogP contribution is -2.45. The maximum Gasteiger partial charge on any atom is 0.246 e. The monoisotopic (exact) mass is 427 g/mol. The van der Waals surface area contributed by atoms with Crippen LogP contribution < -0.4 is 9.47 Å². The summed E-state index contributed by atoms with van der Waals surface area (Å²) in [5.74, 6) is 1.17. The maximum atomic E-state index is 12.7. The molecule has 0 aliphatic carbocycles. The highest BCUT2D eigenvalue weighted by Crippen LogP contribution is 2.40. The van der Waals surface area contributed by atoms with Crippen molar-refractivity contribution >= 4 is 23.6 Å². The number of rotatable bonds is 6. The third-order valence-electron chi connectivity index (χ3n) is 5.73. The summed E-state index contributed by atoms with van der Waals surface area (Å²) in [5.41, 5.74) is 1.94. The van der Waals surface area contributed by atoms with Crippen LogP contribution in [0.15, 0.2) is 42.6 Å². The fourth-order valence-corrected chi connectivity index (χ4v) is 4.17. The number of fused-ring (bicyclic) bond motifs is 1. The number of aromatic nitrogens is 1. The van der Waals surface area contributed by atoms with Crippen molar-refractivity contribution in [3.63, 3.8) is 0 Å². The smallest absolute Gasteiger partial charge is 0.246 e. The molecule has 0 radical (unpaired) electrons. The molecule has 4 rings (SSSR count). The van der Waals surface area contributed by atoms with Gasteiger partial charge in [-0.25, -0.2) is 0 Å². The number of likely N-dealkylation sites (tertiary alicyclic amines) is 1. The zero-order valence-electron chi connectivity index (χ0n) is 17.1. The van der Waals surface area contributed by atoms with Crippen molar-refractivity contribution < 1.29 is 14.3 Å². The molecule has 7 heteroatoms. The molecule has 1 aromatic heterocycles. The van der Waals surface area contributed by atoms with E-state index in [9.17, 15) is 4.79 Å². The van der Waals surface area contributed by atoms with Crippen LogP contribution in [0.5, 0.6) is 11.5 Å². The van der Waals surface area contributed by atoms with Crippen molar-refractivity contribution in [3.05, 3.63) is 58.9 Å². The van der Waals surface area contributed by atoms with E-state index in [1.165, 1.54) is 0 Å². The van der Waals surface area contributed by atoms with Gasteiger partial charge in [-0.15, -0.1) is 0 Å². The lowest BCUT2D eigenvalue weighted by Gasteiger charge is -2.36.